The van der Waals surface area contributed by atoms with Crippen LogP contribution in [-0.2, 0) is 4.79 Å². The Bertz CT molecular complexity index is 598. The molecule has 0 heterocycles. The summed E-state index contributed by atoms with van der Waals surface area (Å²) < 4.78 is 4.94. The normalized spacial score (nSPS) is 11.7. The highest BCUT2D eigenvalue weighted by atomic mass is 16.5. The first-order chi connectivity index (χ1) is 9.61. The maximum atomic E-state index is 11.4. The Hall–Kier alpha value is -2.69. The smallest absolute Gasteiger partial charge is 0.330 e. The molecule has 2 aromatic carbocycles. The zero-order valence-corrected chi connectivity index (χ0v) is 10.9. The minimum Gasteiger partial charge on any atom is -0.504 e. The fourth-order valence-electron chi connectivity index (χ4n) is 1.88. The summed E-state index contributed by atoms with van der Waals surface area (Å²) in [4.78, 5) is 11.4. The van der Waals surface area contributed by atoms with E-state index in [2.05, 4.69) is 5.32 Å². The third-order valence-corrected chi connectivity index (χ3v) is 2.87. The van der Waals surface area contributed by atoms with E-state index < -0.39 is 12.0 Å². The van der Waals surface area contributed by atoms with Crippen LogP contribution in [0.25, 0.3) is 0 Å². The average Bonchev–Trinajstić information content (AvgIpc) is 2.45. The summed E-state index contributed by atoms with van der Waals surface area (Å²) in [5.74, 6) is -0.817. The Morgan fingerprint density at radius 3 is 2.45 bits per heavy atom. The van der Waals surface area contributed by atoms with Gasteiger partial charge in [-0.05, 0) is 29.8 Å². The number of methoxy groups -OCH3 is 1. The summed E-state index contributed by atoms with van der Waals surface area (Å²) in [5, 5.41) is 22.0. The van der Waals surface area contributed by atoms with E-state index >= 15 is 0 Å². The van der Waals surface area contributed by atoms with Crippen molar-refractivity contribution < 1.29 is 19.7 Å². The van der Waals surface area contributed by atoms with E-state index in [0.717, 1.165) is 0 Å². The average molecular weight is 273 g/mol. The predicted molar refractivity (Wildman–Crippen MR) is 75.1 cm³/mol. The molecular formula is C15H15NO4. The second-order valence-corrected chi connectivity index (χ2v) is 4.21. The number of aliphatic carboxylic acids is 1. The number of aromatic hydroxyl groups is 1. The lowest BCUT2D eigenvalue weighted by Gasteiger charge is -2.17. The number of phenolic OH excluding ortho intramolecular Hbond substituents is 1. The highest BCUT2D eigenvalue weighted by Crippen LogP contribution is 2.30. The monoisotopic (exact) mass is 273 g/mol. The van der Waals surface area contributed by atoms with Crippen molar-refractivity contribution in [3.05, 3.63) is 54.1 Å². The molecule has 2 aromatic rings. The fourth-order valence-corrected chi connectivity index (χ4v) is 1.88. The van der Waals surface area contributed by atoms with Crippen molar-refractivity contribution in [1.82, 2.24) is 0 Å². The molecule has 0 saturated heterocycles. The number of carboxylic acid groups (broad SMARTS) is 1. The molecule has 0 aliphatic carbocycles. The van der Waals surface area contributed by atoms with Crippen molar-refractivity contribution in [1.29, 1.82) is 0 Å². The van der Waals surface area contributed by atoms with Crippen molar-refractivity contribution in [2.24, 2.45) is 0 Å². The zero-order valence-electron chi connectivity index (χ0n) is 10.9. The van der Waals surface area contributed by atoms with Gasteiger partial charge in [-0.25, -0.2) is 4.79 Å². The van der Waals surface area contributed by atoms with E-state index in [1.807, 2.05) is 18.2 Å². The van der Waals surface area contributed by atoms with Gasteiger partial charge in [-0.15, -0.1) is 0 Å². The molecule has 5 heteroatoms. The Kier molecular flexibility index (Phi) is 4.10. The summed E-state index contributed by atoms with van der Waals surface area (Å²) in [7, 11) is 1.44. The van der Waals surface area contributed by atoms with E-state index in [0.29, 0.717) is 17.0 Å². The number of para-hydroxylation sites is 1. The second kappa shape index (κ2) is 5.97. The molecule has 0 radical (unpaired) electrons. The van der Waals surface area contributed by atoms with Gasteiger partial charge in [-0.2, -0.15) is 0 Å². The van der Waals surface area contributed by atoms with Crippen LogP contribution < -0.4 is 10.1 Å². The lowest BCUT2D eigenvalue weighted by atomic mass is 10.1. The number of phenols is 1. The molecule has 2 rings (SSSR count). The molecule has 5 nitrogen and oxygen atoms in total. The van der Waals surface area contributed by atoms with Crippen LogP contribution in [0.5, 0.6) is 11.5 Å². The third kappa shape index (κ3) is 3.00. The maximum Gasteiger partial charge on any atom is 0.330 e. The number of benzene rings is 2. The number of hydrogen-bond acceptors (Lipinski definition) is 4. The third-order valence-electron chi connectivity index (χ3n) is 2.87. The summed E-state index contributed by atoms with van der Waals surface area (Å²) in [6.45, 7) is 0. The highest BCUT2D eigenvalue weighted by molar-refractivity contribution is 5.79. The van der Waals surface area contributed by atoms with Crippen LogP contribution in [0, 0.1) is 0 Å². The van der Waals surface area contributed by atoms with Crippen LogP contribution in [0.15, 0.2) is 48.5 Å². The van der Waals surface area contributed by atoms with Gasteiger partial charge in [0, 0.05) is 5.69 Å². The Morgan fingerprint density at radius 2 is 1.90 bits per heavy atom. The lowest BCUT2D eigenvalue weighted by Crippen LogP contribution is -2.20. The maximum absolute atomic E-state index is 11.4. The molecule has 3 N–H and O–H groups in total. The fraction of sp³-hybridized carbons (Fsp3) is 0.133. The molecule has 0 bridgehead atoms. The van der Waals surface area contributed by atoms with Crippen LogP contribution in [0.3, 0.4) is 0 Å². The quantitative estimate of drug-likeness (QED) is 0.780. The summed E-state index contributed by atoms with van der Waals surface area (Å²) in [6, 6.07) is 12.6. The number of carboxylic acids is 1. The SMILES string of the molecule is COc1ccc(C(Nc2ccccc2)C(=O)O)cc1O. The number of rotatable bonds is 5. The molecule has 104 valence electrons. The van der Waals surface area contributed by atoms with E-state index in [-0.39, 0.29) is 5.75 Å². The molecule has 0 saturated carbocycles. The predicted octanol–water partition coefficient (Wildman–Crippen LogP) is 2.64. The lowest BCUT2D eigenvalue weighted by molar-refractivity contribution is -0.138. The summed E-state index contributed by atoms with van der Waals surface area (Å²) in [6.07, 6.45) is 0. The van der Waals surface area contributed by atoms with Crippen LogP contribution in [0.2, 0.25) is 0 Å². The molecule has 0 fully saturated rings. The second-order valence-electron chi connectivity index (χ2n) is 4.21. The van der Waals surface area contributed by atoms with E-state index in [1.165, 1.54) is 19.2 Å². The van der Waals surface area contributed by atoms with Gasteiger partial charge in [0.15, 0.2) is 17.5 Å². The standard InChI is InChI=1S/C15H15NO4/c1-20-13-8-7-10(9-12(13)17)14(15(18)19)16-11-5-3-2-4-6-11/h2-9,14,16-17H,1H3,(H,18,19). The van der Waals surface area contributed by atoms with Gasteiger partial charge >= 0.3 is 5.97 Å². The summed E-state index contributed by atoms with van der Waals surface area (Å²) in [5.41, 5.74) is 1.13. The summed E-state index contributed by atoms with van der Waals surface area (Å²) >= 11 is 0. The molecule has 0 spiro atoms. The van der Waals surface area contributed by atoms with Gasteiger partial charge in [0.05, 0.1) is 7.11 Å². The van der Waals surface area contributed by atoms with E-state index in [9.17, 15) is 15.0 Å². The van der Waals surface area contributed by atoms with Gasteiger partial charge in [0.25, 0.3) is 0 Å². The largest absolute Gasteiger partial charge is 0.504 e. The van der Waals surface area contributed by atoms with Gasteiger partial charge < -0.3 is 20.3 Å². The molecule has 0 aliphatic rings. The van der Waals surface area contributed by atoms with Crippen LogP contribution in [0.1, 0.15) is 11.6 Å². The first-order valence-corrected chi connectivity index (χ1v) is 6.03. The zero-order chi connectivity index (χ0) is 14.5. The number of ether oxygens (including phenoxy) is 1. The minimum absolute atomic E-state index is 0.0916. The van der Waals surface area contributed by atoms with Crippen molar-refractivity contribution in [2.45, 2.75) is 6.04 Å². The van der Waals surface area contributed by atoms with Gasteiger partial charge in [0.1, 0.15) is 0 Å². The van der Waals surface area contributed by atoms with E-state index in [4.69, 9.17) is 4.74 Å². The number of carbonyl (C=O) groups is 1. The van der Waals surface area contributed by atoms with Crippen LogP contribution in [0.4, 0.5) is 5.69 Å². The molecule has 1 atom stereocenters. The minimum atomic E-state index is -1.03. The molecule has 20 heavy (non-hydrogen) atoms. The van der Waals surface area contributed by atoms with Gasteiger partial charge in [0.2, 0.25) is 0 Å². The molecular weight excluding hydrogens is 258 g/mol. The molecule has 0 amide bonds. The molecule has 1 unspecified atom stereocenters. The van der Waals surface area contributed by atoms with E-state index in [1.54, 1.807) is 18.2 Å². The Labute approximate surface area is 116 Å². The first kappa shape index (κ1) is 13.7. The first-order valence-electron chi connectivity index (χ1n) is 6.03. The Morgan fingerprint density at radius 1 is 1.20 bits per heavy atom. The topological polar surface area (TPSA) is 78.8 Å². The highest BCUT2D eigenvalue weighted by Gasteiger charge is 2.20. The Balaban J connectivity index is 2.29. The van der Waals surface area contributed by atoms with Crippen molar-refractivity contribution in [3.63, 3.8) is 0 Å². The number of nitrogens with one attached hydrogen (secondary N) is 1. The number of hydrogen-bond donors (Lipinski definition) is 3. The van der Waals surface area contributed by atoms with Gasteiger partial charge in [-0.1, -0.05) is 24.3 Å². The molecule has 0 aromatic heterocycles. The van der Waals surface area contributed by atoms with Crippen LogP contribution in [-0.4, -0.2) is 23.3 Å². The molecule has 0 aliphatic heterocycles. The van der Waals surface area contributed by atoms with Crippen molar-refractivity contribution in [3.8, 4) is 11.5 Å². The van der Waals surface area contributed by atoms with Gasteiger partial charge in [-0.3, -0.25) is 0 Å². The van der Waals surface area contributed by atoms with Crippen molar-refractivity contribution >= 4 is 11.7 Å². The van der Waals surface area contributed by atoms with Crippen molar-refractivity contribution in [2.75, 3.05) is 12.4 Å². The van der Waals surface area contributed by atoms with Crippen LogP contribution >= 0.6 is 0 Å². The number of anilines is 1.